The molecule has 1 aromatic carbocycles. The highest BCUT2D eigenvalue weighted by Crippen LogP contribution is 2.21. The highest BCUT2D eigenvalue weighted by atomic mass is 16.5. The maximum atomic E-state index is 12.0. The topological polar surface area (TPSA) is 66.5 Å². The number of anilines is 1. The van der Waals surface area contributed by atoms with E-state index in [-0.39, 0.29) is 6.03 Å². The number of urea groups is 1. The Morgan fingerprint density at radius 1 is 1.19 bits per heavy atom. The second-order valence-electron chi connectivity index (χ2n) is 6.88. The summed E-state index contributed by atoms with van der Waals surface area (Å²) in [5.41, 5.74) is 2.36. The number of piperidine rings is 1. The summed E-state index contributed by atoms with van der Waals surface area (Å²) in [6, 6.07) is 11.9. The number of aromatic nitrogens is 1. The van der Waals surface area contributed by atoms with Gasteiger partial charge in [0.05, 0.1) is 19.0 Å². The highest BCUT2D eigenvalue weighted by Gasteiger charge is 2.19. The molecule has 6 heteroatoms. The molecule has 1 aromatic heterocycles. The summed E-state index contributed by atoms with van der Waals surface area (Å²) in [7, 11) is 1.66. The smallest absolute Gasteiger partial charge is 0.314 e. The number of carbonyl (C=O) groups is 1. The Morgan fingerprint density at radius 2 is 1.96 bits per heavy atom. The first-order valence-corrected chi connectivity index (χ1v) is 9.54. The lowest BCUT2D eigenvalue weighted by atomic mass is 9.96. The third-order valence-corrected chi connectivity index (χ3v) is 5.04. The number of amides is 2. The number of carbonyl (C=O) groups excluding carboxylic acids is 1. The molecule has 1 saturated heterocycles. The first-order chi connectivity index (χ1) is 13.2. The maximum absolute atomic E-state index is 12.0. The molecule has 0 radical (unpaired) electrons. The maximum Gasteiger partial charge on any atom is 0.314 e. The lowest BCUT2D eigenvalue weighted by Gasteiger charge is -2.33. The fourth-order valence-electron chi connectivity index (χ4n) is 3.35. The number of hydrogen-bond acceptors (Lipinski definition) is 4. The molecule has 2 heterocycles. The van der Waals surface area contributed by atoms with Crippen LogP contribution in [0.3, 0.4) is 0 Å². The second-order valence-corrected chi connectivity index (χ2v) is 6.88. The Balaban J connectivity index is 1.30. The summed E-state index contributed by atoms with van der Waals surface area (Å²) in [6.45, 7) is 3.38. The van der Waals surface area contributed by atoms with Gasteiger partial charge in [0, 0.05) is 32.4 Å². The van der Waals surface area contributed by atoms with Crippen LogP contribution in [0.15, 0.2) is 48.8 Å². The molecule has 144 valence electrons. The SMILES string of the molecule is COc1ccc(CCNC(=O)NCC2CCN(c3cccnc3)CC2)cc1. The van der Waals surface area contributed by atoms with Gasteiger partial charge in [-0.25, -0.2) is 4.79 Å². The van der Waals surface area contributed by atoms with Crippen molar-refractivity contribution in [3.63, 3.8) is 0 Å². The van der Waals surface area contributed by atoms with E-state index in [2.05, 4.69) is 26.6 Å². The van der Waals surface area contributed by atoms with Crippen LogP contribution in [0, 0.1) is 5.92 Å². The van der Waals surface area contributed by atoms with E-state index >= 15 is 0 Å². The zero-order valence-electron chi connectivity index (χ0n) is 15.9. The molecule has 2 aromatic rings. The number of hydrogen-bond donors (Lipinski definition) is 2. The van der Waals surface area contributed by atoms with Crippen LogP contribution in [-0.2, 0) is 6.42 Å². The van der Waals surface area contributed by atoms with E-state index in [0.29, 0.717) is 12.5 Å². The minimum atomic E-state index is -0.0850. The van der Waals surface area contributed by atoms with Crippen molar-refractivity contribution >= 4 is 11.7 Å². The van der Waals surface area contributed by atoms with Crippen molar-refractivity contribution in [2.24, 2.45) is 5.92 Å². The van der Waals surface area contributed by atoms with Crippen molar-refractivity contribution in [3.8, 4) is 5.75 Å². The van der Waals surface area contributed by atoms with Crippen LogP contribution < -0.4 is 20.3 Å². The number of pyridine rings is 1. The number of benzene rings is 1. The van der Waals surface area contributed by atoms with E-state index < -0.39 is 0 Å². The first kappa shape index (κ1) is 19.0. The summed E-state index contributed by atoms with van der Waals surface area (Å²) in [5, 5.41) is 5.94. The number of nitrogens with one attached hydrogen (secondary N) is 2. The minimum Gasteiger partial charge on any atom is -0.497 e. The zero-order valence-corrected chi connectivity index (χ0v) is 15.9. The Bertz CT molecular complexity index is 698. The normalized spacial score (nSPS) is 14.6. The average molecular weight is 368 g/mol. The van der Waals surface area contributed by atoms with Crippen molar-refractivity contribution in [2.45, 2.75) is 19.3 Å². The fourth-order valence-corrected chi connectivity index (χ4v) is 3.35. The molecule has 1 aliphatic rings. The Kier molecular flexibility index (Phi) is 6.90. The fraction of sp³-hybridized carbons (Fsp3) is 0.429. The predicted octanol–water partition coefficient (Wildman–Crippen LogP) is 2.85. The van der Waals surface area contributed by atoms with Crippen LogP contribution >= 0.6 is 0 Å². The van der Waals surface area contributed by atoms with Crippen molar-refractivity contribution < 1.29 is 9.53 Å². The molecular weight excluding hydrogens is 340 g/mol. The van der Waals surface area contributed by atoms with Gasteiger partial charge in [-0.05, 0) is 55.0 Å². The first-order valence-electron chi connectivity index (χ1n) is 9.54. The summed E-state index contributed by atoms with van der Waals surface area (Å²) in [5.74, 6) is 1.38. The highest BCUT2D eigenvalue weighted by molar-refractivity contribution is 5.73. The summed E-state index contributed by atoms with van der Waals surface area (Å²) in [6.07, 6.45) is 6.69. The molecule has 1 fully saturated rings. The largest absolute Gasteiger partial charge is 0.497 e. The lowest BCUT2D eigenvalue weighted by molar-refractivity contribution is 0.237. The van der Waals surface area contributed by atoms with Crippen LogP contribution in [0.1, 0.15) is 18.4 Å². The summed E-state index contributed by atoms with van der Waals surface area (Å²) >= 11 is 0. The summed E-state index contributed by atoms with van der Waals surface area (Å²) < 4.78 is 5.15. The molecule has 0 atom stereocenters. The molecule has 0 aliphatic carbocycles. The summed E-state index contributed by atoms with van der Waals surface area (Å²) in [4.78, 5) is 18.5. The van der Waals surface area contributed by atoms with Crippen LogP contribution in [-0.4, -0.2) is 44.3 Å². The molecule has 27 heavy (non-hydrogen) atoms. The number of methoxy groups -OCH3 is 1. The van der Waals surface area contributed by atoms with E-state index in [1.807, 2.05) is 36.5 Å². The molecule has 0 unspecified atom stereocenters. The third-order valence-electron chi connectivity index (χ3n) is 5.04. The van der Waals surface area contributed by atoms with Gasteiger partial charge in [-0.15, -0.1) is 0 Å². The van der Waals surface area contributed by atoms with Gasteiger partial charge in [0.25, 0.3) is 0 Å². The third kappa shape index (κ3) is 5.88. The molecule has 2 N–H and O–H groups in total. The molecule has 2 amide bonds. The van der Waals surface area contributed by atoms with Crippen LogP contribution in [0.2, 0.25) is 0 Å². The van der Waals surface area contributed by atoms with Gasteiger partial charge in [0.1, 0.15) is 5.75 Å². The number of ether oxygens (including phenoxy) is 1. The Morgan fingerprint density at radius 3 is 2.63 bits per heavy atom. The van der Waals surface area contributed by atoms with E-state index in [4.69, 9.17) is 4.74 Å². The van der Waals surface area contributed by atoms with Gasteiger partial charge in [-0.1, -0.05) is 12.1 Å². The average Bonchev–Trinajstić information content (AvgIpc) is 2.74. The minimum absolute atomic E-state index is 0.0850. The predicted molar refractivity (Wildman–Crippen MR) is 107 cm³/mol. The van der Waals surface area contributed by atoms with Gasteiger partial charge < -0.3 is 20.3 Å². The molecule has 6 nitrogen and oxygen atoms in total. The van der Waals surface area contributed by atoms with E-state index in [9.17, 15) is 4.79 Å². The van der Waals surface area contributed by atoms with Crippen LogP contribution in [0.25, 0.3) is 0 Å². The quantitative estimate of drug-likeness (QED) is 0.789. The van der Waals surface area contributed by atoms with Crippen molar-refractivity contribution in [2.75, 3.05) is 38.2 Å². The molecule has 0 bridgehead atoms. The molecule has 0 spiro atoms. The van der Waals surface area contributed by atoms with Crippen molar-refractivity contribution in [3.05, 3.63) is 54.4 Å². The van der Waals surface area contributed by atoms with Crippen molar-refractivity contribution in [1.82, 2.24) is 15.6 Å². The number of nitrogens with zero attached hydrogens (tertiary/aromatic N) is 2. The van der Waals surface area contributed by atoms with Gasteiger partial charge >= 0.3 is 6.03 Å². The van der Waals surface area contributed by atoms with E-state index in [0.717, 1.165) is 44.6 Å². The standard InChI is InChI=1S/C21H28N4O2/c1-27-20-6-4-17(5-7-20)8-12-23-21(26)24-15-18-9-13-25(14-10-18)19-3-2-11-22-16-19/h2-7,11,16,18H,8-10,12-15H2,1H3,(H2,23,24,26). The number of rotatable bonds is 7. The van der Waals surface area contributed by atoms with Crippen LogP contribution in [0.4, 0.5) is 10.5 Å². The molecule has 3 rings (SSSR count). The Labute approximate surface area is 160 Å². The molecule has 0 saturated carbocycles. The Hall–Kier alpha value is -2.76. The lowest BCUT2D eigenvalue weighted by Crippen LogP contribution is -2.42. The van der Waals surface area contributed by atoms with Gasteiger partial charge in [-0.3, -0.25) is 4.98 Å². The van der Waals surface area contributed by atoms with Crippen LogP contribution in [0.5, 0.6) is 5.75 Å². The van der Waals surface area contributed by atoms with Gasteiger partial charge in [0.15, 0.2) is 0 Å². The van der Waals surface area contributed by atoms with E-state index in [1.54, 1.807) is 13.3 Å². The molecular formula is C21H28N4O2. The van der Waals surface area contributed by atoms with Gasteiger partial charge in [0.2, 0.25) is 0 Å². The molecule has 1 aliphatic heterocycles. The second kappa shape index (κ2) is 9.80. The zero-order chi connectivity index (χ0) is 18.9. The van der Waals surface area contributed by atoms with E-state index in [1.165, 1.54) is 11.3 Å². The van der Waals surface area contributed by atoms with Crippen molar-refractivity contribution in [1.29, 1.82) is 0 Å². The monoisotopic (exact) mass is 368 g/mol. The van der Waals surface area contributed by atoms with Gasteiger partial charge in [-0.2, -0.15) is 0 Å².